The predicted octanol–water partition coefficient (Wildman–Crippen LogP) is 3.14. The molecule has 96 valence electrons. The summed E-state index contributed by atoms with van der Waals surface area (Å²) in [6.45, 7) is 5.45. The second-order valence-corrected chi connectivity index (χ2v) is 6.58. The summed E-state index contributed by atoms with van der Waals surface area (Å²) in [5, 5.41) is 0.628. The van der Waals surface area contributed by atoms with Crippen LogP contribution in [0, 0.1) is 0 Å². The Morgan fingerprint density at radius 1 is 1.18 bits per heavy atom. The fourth-order valence-electron chi connectivity index (χ4n) is 1.63. The maximum Gasteiger partial charge on any atom is 0.0307 e. The maximum atomic E-state index is 6.16. The van der Waals surface area contributed by atoms with Crippen LogP contribution in [0.5, 0.6) is 0 Å². The number of rotatable bonds is 6. The SMILES string of the molecule is CC(C)Sc1ccc(C(N)CCN(C)C)cc1. The lowest BCUT2D eigenvalue weighted by molar-refractivity contribution is 0.382. The molecule has 1 aromatic rings. The Hall–Kier alpha value is -0.510. The fraction of sp³-hybridized carbons (Fsp3) is 0.571. The maximum absolute atomic E-state index is 6.16. The van der Waals surface area contributed by atoms with Crippen LogP contribution in [0.25, 0.3) is 0 Å². The Bertz CT molecular complexity index is 319. The highest BCUT2D eigenvalue weighted by Crippen LogP contribution is 2.24. The van der Waals surface area contributed by atoms with E-state index in [1.165, 1.54) is 10.5 Å². The summed E-state index contributed by atoms with van der Waals surface area (Å²) < 4.78 is 0. The van der Waals surface area contributed by atoms with Crippen LogP contribution in [-0.2, 0) is 0 Å². The lowest BCUT2D eigenvalue weighted by Crippen LogP contribution is -2.20. The van der Waals surface area contributed by atoms with Crippen LogP contribution >= 0.6 is 11.8 Å². The van der Waals surface area contributed by atoms with Gasteiger partial charge < -0.3 is 10.6 Å². The van der Waals surface area contributed by atoms with Gasteiger partial charge in [-0.2, -0.15) is 0 Å². The van der Waals surface area contributed by atoms with Crippen LogP contribution in [0.1, 0.15) is 31.9 Å². The van der Waals surface area contributed by atoms with Gasteiger partial charge in [-0.25, -0.2) is 0 Å². The third-order valence-electron chi connectivity index (χ3n) is 2.57. The summed E-state index contributed by atoms with van der Waals surface area (Å²) >= 11 is 1.89. The standard InChI is InChI=1S/C14H24N2S/c1-11(2)17-13-7-5-12(6-8-13)14(15)9-10-16(3)4/h5-8,11,14H,9-10,15H2,1-4H3. The number of thioether (sulfide) groups is 1. The van der Waals surface area contributed by atoms with Gasteiger partial charge in [0, 0.05) is 16.2 Å². The molecule has 0 bridgehead atoms. The molecule has 0 fully saturated rings. The minimum atomic E-state index is 0.149. The average molecular weight is 252 g/mol. The predicted molar refractivity (Wildman–Crippen MR) is 77.5 cm³/mol. The van der Waals surface area contributed by atoms with E-state index in [-0.39, 0.29) is 6.04 Å². The summed E-state index contributed by atoms with van der Waals surface area (Å²) in [6.07, 6.45) is 1.00. The monoisotopic (exact) mass is 252 g/mol. The van der Waals surface area contributed by atoms with E-state index in [0.29, 0.717) is 5.25 Å². The molecule has 2 N–H and O–H groups in total. The van der Waals surface area contributed by atoms with Crippen LogP contribution in [-0.4, -0.2) is 30.8 Å². The molecule has 0 aliphatic heterocycles. The summed E-state index contributed by atoms with van der Waals surface area (Å²) in [6, 6.07) is 8.82. The average Bonchev–Trinajstić information content (AvgIpc) is 2.26. The van der Waals surface area contributed by atoms with E-state index in [2.05, 4.69) is 57.1 Å². The minimum Gasteiger partial charge on any atom is -0.324 e. The van der Waals surface area contributed by atoms with E-state index in [1.807, 2.05) is 11.8 Å². The lowest BCUT2D eigenvalue weighted by atomic mass is 10.0. The van der Waals surface area contributed by atoms with Crippen molar-refractivity contribution < 1.29 is 0 Å². The number of hydrogen-bond donors (Lipinski definition) is 1. The van der Waals surface area contributed by atoms with Crippen LogP contribution in [0.15, 0.2) is 29.2 Å². The van der Waals surface area contributed by atoms with Crippen LogP contribution in [0.3, 0.4) is 0 Å². The van der Waals surface area contributed by atoms with Gasteiger partial charge in [-0.05, 0) is 44.8 Å². The van der Waals surface area contributed by atoms with Gasteiger partial charge in [0.05, 0.1) is 0 Å². The fourth-order valence-corrected chi connectivity index (χ4v) is 2.47. The molecule has 1 aromatic carbocycles. The number of nitrogens with zero attached hydrogens (tertiary/aromatic N) is 1. The van der Waals surface area contributed by atoms with Crippen molar-refractivity contribution in [2.75, 3.05) is 20.6 Å². The molecule has 0 spiro atoms. The first-order valence-corrected chi connectivity index (χ1v) is 7.04. The van der Waals surface area contributed by atoms with Gasteiger partial charge in [0.2, 0.25) is 0 Å². The molecule has 0 radical (unpaired) electrons. The molecule has 1 atom stereocenters. The molecule has 0 amide bonds. The highest BCUT2D eigenvalue weighted by atomic mass is 32.2. The molecular weight excluding hydrogens is 228 g/mol. The molecule has 0 aliphatic rings. The van der Waals surface area contributed by atoms with Gasteiger partial charge in [0.1, 0.15) is 0 Å². The van der Waals surface area contributed by atoms with Gasteiger partial charge >= 0.3 is 0 Å². The Morgan fingerprint density at radius 3 is 2.24 bits per heavy atom. The topological polar surface area (TPSA) is 29.3 Å². The minimum absolute atomic E-state index is 0.149. The molecule has 0 aliphatic carbocycles. The smallest absolute Gasteiger partial charge is 0.0307 e. The highest BCUT2D eigenvalue weighted by molar-refractivity contribution is 7.99. The first-order chi connectivity index (χ1) is 7.99. The molecule has 0 aromatic heterocycles. The van der Waals surface area contributed by atoms with Crippen molar-refractivity contribution in [1.82, 2.24) is 4.90 Å². The van der Waals surface area contributed by atoms with Gasteiger partial charge in [0.25, 0.3) is 0 Å². The summed E-state index contributed by atoms with van der Waals surface area (Å²) in [7, 11) is 4.16. The Balaban J connectivity index is 2.54. The van der Waals surface area contributed by atoms with Gasteiger partial charge in [-0.3, -0.25) is 0 Å². The number of benzene rings is 1. The van der Waals surface area contributed by atoms with Crippen LogP contribution in [0.2, 0.25) is 0 Å². The molecule has 3 heteroatoms. The third kappa shape index (κ3) is 5.57. The van der Waals surface area contributed by atoms with Gasteiger partial charge in [-0.1, -0.05) is 26.0 Å². The normalized spacial score (nSPS) is 13.4. The van der Waals surface area contributed by atoms with Crippen molar-refractivity contribution in [3.63, 3.8) is 0 Å². The Labute approximate surface area is 110 Å². The van der Waals surface area contributed by atoms with Crippen molar-refractivity contribution in [3.05, 3.63) is 29.8 Å². The first kappa shape index (κ1) is 14.6. The second kappa shape index (κ2) is 7.04. The molecule has 0 saturated heterocycles. The number of nitrogens with two attached hydrogens (primary N) is 1. The quantitative estimate of drug-likeness (QED) is 0.789. The Morgan fingerprint density at radius 2 is 1.76 bits per heavy atom. The zero-order chi connectivity index (χ0) is 12.8. The third-order valence-corrected chi connectivity index (χ3v) is 3.58. The molecule has 2 nitrogen and oxygen atoms in total. The lowest BCUT2D eigenvalue weighted by Gasteiger charge is -2.16. The summed E-state index contributed by atoms with van der Waals surface area (Å²) in [5.74, 6) is 0. The van der Waals surface area contributed by atoms with E-state index in [9.17, 15) is 0 Å². The van der Waals surface area contributed by atoms with E-state index >= 15 is 0 Å². The van der Waals surface area contributed by atoms with E-state index in [0.717, 1.165) is 13.0 Å². The molecule has 0 saturated carbocycles. The van der Waals surface area contributed by atoms with Crippen molar-refractivity contribution in [1.29, 1.82) is 0 Å². The number of hydrogen-bond acceptors (Lipinski definition) is 3. The van der Waals surface area contributed by atoms with Crippen LogP contribution in [0.4, 0.5) is 0 Å². The van der Waals surface area contributed by atoms with Crippen molar-refractivity contribution >= 4 is 11.8 Å². The van der Waals surface area contributed by atoms with E-state index in [1.54, 1.807) is 0 Å². The second-order valence-electron chi connectivity index (χ2n) is 4.93. The van der Waals surface area contributed by atoms with Gasteiger partial charge in [-0.15, -0.1) is 11.8 Å². The van der Waals surface area contributed by atoms with E-state index in [4.69, 9.17) is 5.73 Å². The van der Waals surface area contributed by atoms with Crippen molar-refractivity contribution in [2.24, 2.45) is 5.73 Å². The van der Waals surface area contributed by atoms with Crippen LogP contribution < -0.4 is 5.73 Å². The zero-order valence-electron chi connectivity index (χ0n) is 11.3. The van der Waals surface area contributed by atoms with Gasteiger partial charge in [0.15, 0.2) is 0 Å². The molecular formula is C14H24N2S. The summed E-state index contributed by atoms with van der Waals surface area (Å²) in [4.78, 5) is 3.49. The van der Waals surface area contributed by atoms with Crippen molar-refractivity contribution in [2.45, 2.75) is 36.5 Å². The first-order valence-electron chi connectivity index (χ1n) is 6.16. The molecule has 17 heavy (non-hydrogen) atoms. The largest absolute Gasteiger partial charge is 0.324 e. The summed E-state index contributed by atoms with van der Waals surface area (Å²) in [5.41, 5.74) is 7.40. The Kier molecular flexibility index (Phi) is 6.03. The highest BCUT2D eigenvalue weighted by Gasteiger charge is 2.06. The zero-order valence-corrected chi connectivity index (χ0v) is 12.1. The molecule has 1 rings (SSSR count). The molecule has 0 heterocycles. The van der Waals surface area contributed by atoms with E-state index < -0.39 is 0 Å². The van der Waals surface area contributed by atoms with Crippen molar-refractivity contribution in [3.8, 4) is 0 Å². The molecule has 1 unspecified atom stereocenters.